The van der Waals surface area contributed by atoms with Gasteiger partial charge >= 0.3 is 11.4 Å². The molecule has 182 valence electrons. The normalized spacial score (nSPS) is 12.1. The first-order valence-corrected chi connectivity index (χ1v) is 10.8. The number of amides is 1. The van der Waals surface area contributed by atoms with Gasteiger partial charge in [0.25, 0.3) is 5.91 Å². The molecule has 1 N–H and O–H groups in total. The van der Waals surface area contributed by atoms with Crippen LogP contribution in [0.1, 0.15) is 30.4 Å². The number of rotatable bonds is 5. The maximum absolute atomic E-state index is 12.7. The Balaban J connectivity index is 1.77. The van der Waals surface area contributed by atoms with Crippen molar-refractivity contribution < 1.29 is 27.6 Å². The number of nitrogens with one attached hydrogen (secondary N) is 1. The van der Waals surface area contributed by atoms with Gasteiger partial charge in [-0.1, -0.05) is 11.3 Å². The molecular weight excluding hydrogens is 489 g/mol. The highest BCUT2D eigenvalue weighted by Crippen LogP contribution is 2.32. The molecule has 14 heteroatoms. The van der Waals surface area contributed by atoms with Crippen LogP contribution in [-0.2, 0) is 5.54 Å². The zero-order valence-corrected chi connectivity index (χ0v) is 19.3. The molecule has 0 atom stereocenters. The van der Waals surface area contributed by atoms with Crippen molar-refractivity contribution in [3.8, 4) is 17.0 Å². The molecule has 0 spiro atoms. The van der Waals surface area contributed by atoms with Crippen molar-refractivity contribution in [3.63, 3.8) is 0 Å². The number of ether oxygens (including phenoxy) is 1. The van der Waals surface area contributed by atoms with E-state index in [1.165, 1.54) is 30.5 Å². The van der Waals surface area contributed by atoms with Crippen molar-refractivity contribution in [3.05, 3.63) is 57.6 Å². The van der Waals surface area contributed by atoms with Crippen LogP contribution in [-0.4, -0.2) is 36.9 Å². The summed E-state index contributed by atoms with van der Waals surface area (Å²) in [4.78, 5) is 31.9. The SMILES string of the molecule is CC(C)(C)n1ncc2c(-c3ccc(OC(F)(F)F)cc3)nc(NC(=O)c3ccc([N+](=O)[O-])s3)nc21. The van der Waals surface area contributed by atoms with E-state index in [-0.39, 0.29) is 15.8 Å². The number of nitrogens with zero attached hydrogens (tertiary/aromatic N) is 5. The second kappa shape index (κ2) is 8.61. The van der Waals surface area contributed by atoms with Gasteiger partial charge in [0.05, 0.1) is 32.6 Å². The standard InChI is InChI=1S/C21H17F3N6O4S/c1-20(2,3)29-17-13(10-25-29)16(11-4-6-12(7-5-11)34-21(22,23)24)26-19(27-17)28-18(31)14-8-9-15(35-14)30(32)33/h4-10H,1-3H3,(H,26,27,28,31). The molecule has 3 aromatic heterocycles. The monoisotopic (exact) mass is 506 g/mol. The number of thiophene rings is 1. The topological polar surface area (TPSA) is 125 Å². The van der Waals surface area contributed by atoms with E-state index in [4.69, 9.17) is 0 Å². The number of carbonyl (C=O) groups is 1. The van der Waals surface area contributed by atoms with Crippen LogP contribution >= 0.6 is 11.3 Å². The van der Waals surface area contributed by atoms with E-state index in [2.05, 4.69) is 25.1 Å². The summed E-state index contributed by atoms with van der Waals surface area (Å²) in [5, 5.41) is 18.1. The summed E-state index contributed by atoms with van der Waals surface area (Å²) >= 11 is 0.698. The summed E-state index contributed by atoms with van der Waals surface area (Å²) < 4.78 is 43.1. The van der Waals surface area contributed by atoms with E-state index < -0.39 is 28.5 Å². The van der Waals surface area contributed by atoms with Gasteiger partial charge in [-0.2, -0.15) is 10.1 Å². The van der Waals surface area contributed by atoms with Gasteiger partial charge in [0.15, 0.2) is 5.65 Å². The minimum absolute atomic E-state index is 0.0833. The molecule has 0 aliphatic rings. The first-order valence-electron chi connectivity index (χ1n) is 10.00. The number of alkyl halides is 3. The summed E-state index contributed by atoms with van der Waals surface area (Å²) in [5.74, 6) is -1.15. The number of nitro groups is 1. The molecule has 0 bridgehead atoms. The largest absolute Gasteiger partial charge is 0.573 e. The van der Waals surface area contributed by atoms with Crippen LogP contribution in [0.2, 0.25) is 0 Å². The number of fused-ring (bicyclic) bond motifs is 1. The van der Waals surface area contributed by atoms with E-state index in [1.807, 2.05) is 20.8 Å². The molecule has 0 saturated heterocycles. The fourth-order valence-electron chi connectivity index (χ4n) is 3.20. The van der Waals surface area contributed by atoms with Crippen LogP contribution < -0.4 is 10.1 Å². The molecule has 0 aliphatic heterocycles. The maximum Gasteiger partial charge on any atom is 0.573 e. The second-order valence-corrected chi connectivity index (χ2v) is 9.34. The smallest absolute Gasteiger partial charge is 0.406 e. The van der Waals surface area contributed by atoms with Gasteiger partial charge in [0.2, 0.25) is 5.95 Å². The third kappa shape index (κ3) is 5.21. The Kier molecular flexibility index (Phi) is 5.92. The molecular formula is C21H17F3N6O4S. The number of carbonyl (C=O) groups excluding carboxylic acids is 1. The third-order valence-corrected chi connectivity index (χ3v) is 5.68. The average molecular weight is 506 g/mol. The Hall–Kier alpha value is -4.07. The molecule has 4 rings (SSSR count). The van der Waals surface area contributed by atoms with Gasteiger partial charge in [-0.25, -0.2) is 9.67 Å². The van der Waals surface area contributed by atoms with Crippen molar-refractivity contribution in [2.45, 2.75) is 32.7 Å². The van der Waals surface area contributed by atoms with E-state index in [0.717, 1.165) is 12.1 Å². The van der Waals surface area contributed by atoms with E-state index in [9.17, 15) is 28.1 Å². The fourth-order valence-corrected chi connectivity index (χ4v) is 3.92. The van der Waals surface area contributed by atoms with E-state index in [1.54, 1.807) is 4.68 Å². The molecule has 4 aromatic rings. The Morgan fingerprint density at radius 2 is 1.80 bits per heavy atom. The Labute approximate surface area is 199 Å². The van der Waals surface area contributed by atoms with Crippen molar-refractivity contribution >= 4 is 39.2 Å². The first-order chi connectivity index (χ1) is 16.3. The lowest BCUT2D eigenvalue weighted by atomic mass is 10.1. The predicted molar refractivity (Wildman–Crippen MR) is 121 cm³/mol. The Bertz CT molecular complexity index is 1420. The molecule has 0 unspecified atom stereocenters. The van der Waals surface area contributed by atoms with E-state index in [0.29, 0.717) is 33.6 Å². The number of halogens is 3. The molecule has 1 amide bonds. The number of benzene rings is 1. The Morgan fingerprint density at radius 1 is 1.11 bits per heavy atom. The molecule has 0 aliphatic carbocycles. The van der Waals surface area contributed by atoms with E-state index >= 15 is 0 Å². The van der Waals surface area contributed by atoms with Crippen LogP contribution in [0.15, 0.2) is 42.6 Å². The van der Waals surface area contributed by atoms with Crippen LogP contribution in [0.4, 0.5) is 24.1 Å². The number of hydrogen-bond donors (Lipinski definition) is 1. The minimum Gasteiger partial charge on any atom is -0.406 e. The lowest BCUT2D eigenvalue weighted by molar-refractivity contribution is -0.380. The number of anilines is 1. The summed E-state index contributed by atoms with van der Waals surface area (Å²) in [6.07, 6.45) is -3.30. The van der Waals surface area contributed by atoms with Gasteiger partial charge in [-0.15, -0.1) is 13.2 Å². The van der Waals surface area contributed by atoms with Gasteiger partial charge in [-0.3, -0.25) is 20.2 Å². The van der Waals surface area contributed by atoms with Gasteiger partial charge in [0.1, 0.15) is 5.75 Å². The second-order valence-electron chi connectivity index (χ2n) is 8.28. The predicted octanol–water partition coefficient (Wildman–Crippen LogP) is 5.37. The van der Waals surface area contributed by atoms with Gasteiger partial charge in [-0.05, 0) is 51.1 Å². The van der Waals surface area contributed by atoms with Gasteiger partial charge in [0, 0.05) is 11.6 Å². The van der Waals surface area contributed by atoms with Crippen LogP contribution in [0.25, 0.3) is 22.3 Å². The maximum atomic E-state index is 12.7. The van der Waals surface area contributed by atoms with Crippen molar-refractivity contribution in [2.75, 3.05) is 5.32 Å². The Morgan fingerprint density at radius 3 is 2.37 bits per heavy atom. The van der Waals surface area contributed by atoms with Gasteiger partial charge < -0.3 is 4.74 Å². The van der Waals surface area contributed by atoms with Crippen LogP contribution in [0.5, 0.6) is 5.75 Å². The molecule has 10 nitrogen and oxygen atoms in total. The van der Waals surface area contributed by atoms with Crippen molar-refractivity contribution in [1.82, 2.24) is 19.7 Å². The van der Waals surface area contributed by atoms with Crippen molar-refractivity contribution in [1.29, 1.82) is 0 Å². The summed E-state index contributed by atoms with van der Waals surface area (Å²) in [6, 6.07) is 7.61. The number of aromatic nitrogens is 4. The molecule has 0 fully saturated rings. The average Bonchev–Trinajstić information content (AvgIpc) is 3.40. The van der Waals surface area contributed by atoms with Crippen molar-refractivity contribution in [2.24, 2.45) is 0 Å². The highest BCUT2D eigenvalue weighted by Gasteiger charge is 2.31. The number of hydrogen-bond acceptors (Lipinski definition) is 8. The first kappa shape index (κ1) is 24.1. The molecule has 0 saturated carbocycles. The lowest BCUT2D eigenvalue weighted by Gasteiger charge is -2.20. The summed E-state index contributed by atoms with van der Waals surface area (Å²) in [7, 11) is 0. The highest BCUT2D eigenvalue weighted by molar-refractivity contribution is 7.17. The molecule has 3 heterocycles. The van der Waals surface area contributed by atoms with Crippen LogP contribution in [0, 0.1) is 10.1 Å². The quantitative estimate of drug-likeness (QED) is 0.285. The lowest BCUT2D eigenvalue weighted by Crippen LogP contribution is -2.23. The zero-order valence-electron chi connectivity index (χ0n) is 18.5. The third-order valence-electron chi connectivity index (χ3n) is 4.65. The van der Waals surface area contributed by atoms with Crippen LogP contribution in [0.3, 0.4) is 0 Å². The molecule has 35 heavy (non-hydrogen) atoms. The minimum atomic E-state index is -4.83. The summed E-state index contributed by atoms with van der Waals surface area (Å²) in [5.41, 5.74) is 0.637. The highest BCUT2D eigenvalue weighted by atomic mass is 32.1. The molecule has 1 aromatic carbocycles. The zero-order chi connectivity index (χ0) is 25.5. The molecule has 0 radical (unpaired) electrons. The fraction of sp³-hybridized carbons (Fsp3) is 0.238. The summed E-state index contributed by atoms with van der Waals surface area (Å²) in [6.45, 7) is 5.69.